The topological polar surface area (TPSA) is 27.1 Å². The predicted octanol–water partition coefficient (Wildman–Crippen LogP) is 4.43. The Kier molecular flexibility index (Phi) is 4.78. The summed E-state index contributed by atoms with van der Waals surface area (Å²) in [7, 11) is 0. The van der Waals surface area contributed by atoms with E-state index in [0.717, 1.165) is 5.56 Å². The van der Waals surface area contributed by atoms with E-state index >= 15 is 0 Å². The number of benzene rings is 1. The third-order valence-electron chi connectivity index (χ3n) is 4.41. The minimum Gasteiger partial charge on any atom is -0.490 e. The van der Waals surface area contributed by atoms with Gasteiger partial charge in [0.2, 0.25) is 0 Å². The summed E-state index contributed by atoms with van der Waals surface area (Å²) in [4.78, 5) is 0. The number of aromatic nitrogens is 2. The molecule has 0 radical (unpaired) electrons. The summed E-state index contributed by atoms with van der Waals surface area (Å²) < 4.78 is 58.7. The molecule has 2 aromatic rings. The molecule has 0 amide bonds. The van der Waals surface area contributed by atoms with Crippen molar-refractivity contribution in [1.82, 2.24) is 9.78 Å². The molecule has 0 N–H and O–H groups in total. The maximum atomic E-state index is 12.9. The zero-order chi connectivity index (χ0) is 17.2. The molecule has 0 saturated heterocycles. The first-order chi connectivity index (χ1) is 11.4. The van der Waals surface area contributed by atoms with Gasteiger partial charge in [-0.15, -0.1) is 0 Å². The molecule has 2 unspecified atom stereocenters. The molecular weight excluding hydrogens is 324 g/mol. The van der Waals surface area contributed by atoms with E-state index in [1.54, 1.807) is 23.0 Å². The minimum absolute atomic E-state index is 0.0480. The Labute approximate surface area is 137 Å². The van der Waals surface area contributed by atoms with Gasteiger partial charge in [0, 0.05) is 5.92 Å². The van der Waals surface area contributed by atoms with Crippen LogP contribution in [0.1, 0.15) is 24.8 Å². The lowest BCUT2D eigenvalue weighted by Crippen LogP contribution is -2.29. The highest BCUT2D eigenvalue weighted by Gasteiger charge is 2.47. The number of rotatable bonds is 5. The van der Waals surface area contributed by atoms with E-state index in [1.807, 2.05) is 0 Å². The molecule has 1 aromatic carbocycles. The van der Waals surface area contributed by atoms with Crippen LogP contribution in [0.2, 0.25) is 0 Å². The molecule has 3 rings (SSSR count). The van der Waals surface area contributed by atoms with Crippen molar-refractivity contribution in [2.75, 3.05) is 6.61 Å². The summed E-state index contributed by atoms with van der Waals surface area (Å²) in [6.07, 6.45) is 0.274. The van der Waals surface area contributed by atoms with E-state index in [0.29, 0.717) is 25.1 Å². The van der Waals surface area contributed by atoms with Crippen LogP contribution in [-0.4, -0.2) is 22.6 Å². The van der Waals surface area contributed by atoms with Gasteiger partial charge in [-0.2, -0.15) is 18.3 Å². The fraction of sp³-hybridized carbons (Fsp3) is 0.471. The van der Waals surface area contributed by atoms with Gasteiger partial charge in [-0.25, -0.2) is 4.39 Å². The maximum absolute atomic E-state index is 12.9. The van der Waals surface area contributed by atoms with E-state index in [2.05, 4.69) is 5.10 Å². The van der Waals surface area contributed by atoms with Crippen LogP contribution < -0.4 is 4.74 Å². The molecular formula is C17H18F4N2O. The van der Waals surface area contributed by atoms with Gasteiger partial charge in [0.25, 0.3) is 0 Å². The van der Waals surface area contributed by atoms with E-state index in [4.69, 9.17) is 4.74 Å². The first kappa shape index (κ1) is 16.8. The van der Waals surface area contributed by atoms with Crippen molar-refractivity contribution in [1.29, 1.82) is 0 Å². The molecule has 7 heteroatoms. The van der Waals surface area contributed by atoms with Gasteiger partial charge in [0.15, 0.2) is 5.75 Å². The number of halogens is 4. The zero-order valence-electron chi connectivity index (χ0n) is 13.0. The van der Waals surface area contributed by atoms with Gasteiger partial charge in [-0.1, -0.05) is 18.6 Å². The standard InChI is InChI=1S/C17H18F4N2O/c18-14-6-4-12(5-7-14)9-23-10-15(8-22-23)24-11-13-2-1-3-16(13)17(19,20)21/h4-8,10,13,16H,1-3,9,11H2. The lowest BCUT2D eigenvalue weighted by Gasteiger charge is -2.22. The minimum atomic E-state index is -4.16. The average Bonchev–Trinajstić information content (AvgIpc) is 3.16. The monoisotopic (exact) mass is 342 g/mol. The molecule has 1 saturated carbocycles. The van der Waals surface area contributed by atoms with Crippen LogP contribution >= 0.6 is 0 Å². The van der Waals surface area contributed by atoms with Crippen molar-refractivity contribution in [2.45, 2.75) is 32.0 Å². The third-order valence-corrected chi connectivity index (χ3v) is 4.41. The largest absolute Gasteiger partial charge is 0.490 e. The SMILES string of the molecule is Fc1ccc(Cn2cc(OCC3CCCC3C(F)(F)F)cn2)cc1. The Hall–Kier alpha value is -2.05. The fourth-order valence-electron chi connectivity index (χ4n) is 3.15. The molecule has 0 aliphatic heterocycles. The Balaban J connectivity index is 1.55. The van der Waals surface area contributed by atoms with E-state index < -0.39 is 18.0 Å². The Morgan fingerprint density at radius 2 is 1.92 bits per heavy atom. The number of hydrogen-bond donors (Lipinski definition) is 0. The molecule has 24 heavy (non-hydrogen) atoms. The molecule has 1 heterocycles. The molecule has 1 fully saturated rings. The number of hydrogen-bond acceptors (Lipinski definition) is 2. The second-order valence-electron chi connectivity index (χ2n) is 6.15. The van der Waals surface area contributed by atoms with Crippen molar-refractivity contribution in [3.8, 4) is 5.75 Å². The van der Waals surface area contributed by atoms with Crippen LogP contribution in [-0.2, 0) is 6.54 Å². The van der Waals surface area contributed by atoms with Crippen LogP contribution in [0.15, 0.2) is 36.7 Å². The summed E-state index contributed by atoms with van der Waals surface area (Å²) >= 11 is 0. The van der Waals surface area contributed by atoms with E-state index in [9.17, 15) is 17.6 Å². The van der Waals surface area contributed by atoms with Crippen LogP contribution in [0.4, 0.5) is 17.6 Å². The van der Waals surface area contributed by atoms with Crippen molar-refractivity contribution in [2.24, 2.45) is 11.8 Å². The van der Waals surface area contributed by atoms with Crippen molar-refractivity contribution in [3.63, 3.8) is 0 Å². The first-order valence-electron chi connectivity index (χ1n) is 7.88. The molecule has 1 aliphatic carbocycles. The van der Waals surface area contributed by atoms with Gasteiger partial charge in [0.1, 0.15) is 5.82 Å². The van der Waals surface area contributed by atoms with Crippen molar-refractivity contribution in [3.05, 3.63) is 48.0 Å². The lowest BCUT2D eigenvalue weighted by atomic mass is 9.96. The van der Waals surface area contributed by atoms with Crippen molar-refractivity contribution < 1.29 is 22.3 Å². The molecule has 3 nitrogen and oxygen atoms in total. The molecule has 1 aromatic heterocycles. The van der Waals surface area contributed by atoms with E-state index in [1.165, 1.54) is 18.3 Å². The van der Waals surface area contributed by atoms with Gasteiger partial charge >= 0.3 is 6.18 Å². The quantitative estimate of drug-likeness (QED) is 0.752. The van der Waals surface area contributed by atoms with E-state index in [-0.39, 0.29) is 18.8 Å². The highest BCUT2D eigenvalue weighted by Crippen LogP contribution is 2.43. The van der Waals surface area contributed by atoms with Gasteiger partial charge in [0.05, 0.1) is 31.5 Å². The zero-order valence-corrected chi connectivity index (χ0v) is 13.0. The summed E-state index contributed by atoms with van der Waals surface area (Å²) in [5, 5.41) is 4.12. The molecule has 130 valence electrons. The van der Waals surface area contributed by atoms with Crippen LogP contribution in [0, 0.1) is 17.7 Å². The Bertz CT molecular complexity index is 666. The highest BCUT2D eigenvalue weighted by atomic mass is 19.4. The maximum Gasteiger partial charge on any atom is 0.392 e. The summed E-state index contributed by atoms with van der Waals surface area (Å²) in [5.74, 6) is -1.62. The summed E-state index contributed by atoms with van der Waals surface area (Å²) in [6, 6.07) is 6.05. The molecule has 0 spiro atoms. The number of ether oxygens (including phenoxy) is 1. The van der Waals surface area contributed by atoms with Crippen LogP contribution in [0.3, 0.4) is 0 Å². The fourth-order valence-corrected chi connectivity index (χ4v) is 3.15. The van der Waals surface area contributed by atoms with Gasteiger partial charge in [-0.3, -0.25) is 4.68 Å². The molecule has 0 bridgehead atoms. The first-order valence-corrected chi connectivity index (χ1v) is 7.88. The second-order valence-corrected chi connectivity index (χ2v) is 6.15. The van der Waals surface area contributed by atoms with Crippen molar-refractivity contribution >= 4 is 0 Å². The smallest absolute Gasteiger partial charge is 0.392 e. The van der Waals surface area contributed by atoms with Gasteiger partial charge < -0.3 is 4.74 Å². The second kappa shape index (κ2) is 6.83. The third kappa shape index (κ3) is 4.07. The lowest BCUT2D eigenvalue weighted by molar-refractivity contribution is -0.185. The molecule has 1 aliphatic rings. The molecule has 2 atom stereocenters. The Morgan fingerprint density at radius 3 is 2.62 bits per heavy atom. The van der Waals surface area contributed by atoms with Crippen LogP contribution in [0.5, 0.6) is 5.75 Å². The number of alkyl halides is 3. The number of nitrogens with zero attached hydrogens (tertiary/aromatic N) is 2. The highest BCUT2D eigenvalue weighted by molar-refractivity contribution is 5.18. The predicted molar refractivity (Wildman–Crippen MR) is 80.1 cm³/mol. The van der Waals surface area contributed by atoms with Gasteiger partial charge in [-0.05, 0) is 30.5 Å². The normalized spacial score (nSPS) is 21.2. The average molecular weight is 342 g/mol. The van der Waals surface area contributed by atoms with Crippen LogP contribution in [0.25, 0.3) is 0 Å². The Morgan fingerprint density at radius 1 is 1.17 bits per heavy atom. The summed E-state index contributed by atoms with van der Waals surface area (Å²) in [6.45, 7) is 0.491. The summed E-state index contributed by atoms with van der Waals surface area (Å²) in [5.41, 5.74) is 0.874.